The lowest BCUT2D eigenvalue weighted by Gasteiger charge is -2.10. The number of hydrogen-bond donors (Lipinski definition) is 0. The Bertz CT molecular complexity index is 674. The fourth-order valence-corrected chi connectivity index (χ4v) is 2.24. The van der Waals surface area contributed by atoms with Crippen LogP contribution in [0.5, 0.6) is 11.5 Å². The molecule has 0 saturated carbocycles. The summed E-state index contributed by atoms with van der Waals surface area (Å²) < 4.78 is 12.4. The van der Waals surface area contributed by atoms with Gasteiger partial charge in [-0.25, -0.2) is 0 Å². The number of aromatic nitrogens is 2. The van der Waals surface area contributed by atoms with E-state index in [0.717, 1.165) is 22.5 Å². The van der Waals surface area contributed by atoms with Crippen LogP contribution in [0, 0.1) is 20.8 Å². The molecule has 112 valence electrons. The van der Waals surface area contributed by atoms with Crippen molar-refractivity contribution in [2.45, 2.75) is 27.2 Å². The second kappa shape index (κ2) is 5.99. The standard InChI is InChI=1S/C16H20N2O3/c1-10-6-7-14(15(8-10)20-5)21-16(19)9-13-11(2)17-18(4)12(13)3/h6-8H,9H2,1-5H3. The van der Waals surface area contributed by atoms with Crippen molar-refractivity contribution in [2.75, 3.05) is 7.11 Å². The van der Waals surface area contributed by atoms with Gasteiger partial charge in [-0.15, -0.1) is 0 Å². The van der Waals surface area contributed by atoms with E-state index < -0.39 is 0 Å². The van der Waals surface area contributed by atoms with Crippen LogP contribution in [0.3, 0.4) is 0 Å². The maximum absolute atomic E-state index is 12.1. The number of carbonyl (C=O) groups excluding carboxylic acids is 1. The molecule has 0 unspecified atom stereocenters. The summed E-state index contributed by atoms with van der Waals surface area (Å²) in [6.45, 7) is 5.79. The summed E-state index contributed by atoms with van der Waals surface area (Å²) in [4.78, 5) is 12.1. The largest absolute Gasteiger partial charge is 0.493 e. The minimum Gasteiger partial charge on any atom is -0.493 e. The number of methoxy groups -OCH3 is 1. The quantitative estimate of drug-likeness (QED) is 0.641. The minimum atomic E-state index is -0.323. The van der Waals surface area contributed by atoms with Crippen molar-refractivity contribution in [2.24, 2.45) is 7.05 Å². The number of carbonyl (C=O) groups is 1. The summed E-state index contributed by atoms with van der Waals surface area (Å²) in [7, 11) is 3.42. The lowest BCUT2D eigenvalue weighted by Crippen LogP contribution is -2.13. The Labute approximate surface area is 124 Å². The molecule has 0 spiro atoms. The minimum absolute atomic E-state index is 0.197. The lowest BCUT2D eigenvalue weighted by molar-refractivity contribution is -0.133. The molecule has 1 heterocycles. The zero-order chi connectivity index (χ0) is 15.6. The van der Waals surface area contributed by atoms with E-state index in [2.05, 4.69) is 5.10 Å². The van der Waals surface area contributed by atoms with Crippen LogP contribution in [0.2, 0.25) is 0 Å². The van der Waals surface area contributed by atoms with E-state index in [-0.39, 0.29) is 12.4 Å². The zero-order valence-electron chi connectivity index (χ0n) is 13.1. The molecule has 0 N–H and O–H groups in total. The molecule has 0 aliphatic heterocycles. The van der Waals surface area contributed by atoms with Crippen LogP contribution in [0.25, 0.3) is 0 Å². The van der Waals surface area contributed by atoms with E-state index in [1.54, 1.807) is 17.9 Å². The van der Waals surface area contributed by atoms with Gasteiger partial charge < -0.3 is 9.47 Å². The number of nitrogens with zero attached hydrogens (tertiary/aromatic N) is 2. The van der Waals surface area contributed by atoms with Gasteiger partial charge in [0.05, 0.1) is 19.2 Å². The van der Waals surface area contributed by atoms with Crippen LogP contribution < -0.4 is 9.47 Å². The highest BCUT2D eigenvalue weighted by molar-refractivity contribution is 5.76. The van der Waals surface area contributed by atoms with E-state index in [1.807, 2.05) is 40.0 Å². The maximum Gasteiger partial charge on any atom is 0.315 e. The summed E-state index contributed by atoms with van der Waals surface area (Å²) in [6, 6.07) is 5.46. The van der Waals surface area contributed by atoms with Crippen molar-refractivity contribution in [1.82, 2.24) is 9.78 Å². The van der Waals surface area contributed by atoms with Gasteiger partial charge in [-0.2, -0.15) is 5.10 Å². The fourth-order valence-electron chi connectivity index (χ4n) is 2.24. The van der Waals surface area contributed by atoms with Gasteiger partial charge in [0.2, 0.25) is 0 Å². The van der Waals surface area contributed by atoms with E-state index in [0.29, 0.717) is 11.5 Å². The molecule has 21 heavy (non-hydrogen) atoms. The van der Waals surface area contributed by atoms with Gasteiger partial charge in [0.1, 0.15) is 0 Å². The molecular formula is C16H20N2O3. The Hall–Kier alpha value is -2.30. The second-order valence-corrected chi connectivity index (χ2v) is 5.08. The van der Waals surface area contributed by atoms with Crippen LogP contribution in [-0.4, -0.2) is 22.9 Å². The van der Waals surface area contributed by atoms with E-state index in [1.165, 1.54) is 0 Å². The van der Waals surface area contributed by atoms with Gasteiger partial charge in [0, 0.05) is 18.3 Å². The third kappa shape index (κ3) is 3.24. The molecule has 5 nitrogen and oxygen atoms in total. The SMILES string of the molecule is COc1cc(C)ccc1OC(=O)Cc1c(C)nn(C)c1C. The lowest BCUT2D eigenvalue weighted by atomic mass is 10.1. The zero-order valence-corrected chi connectivity index (χ0v) is 13.1. The highest BCUT2D eigenvalue weighted by atomic mass is 16.6. The third-order valence-electron chi connectivity index (χ3n) is 3.52. The second-order valence-electron chi connectivity index (χ2n) is 5.08. The number of rotatable bonds is 4. The van der Waals surface area contributed by atoms with Gasteiger partial charge in [0.25, 0.3) is 0 Å². The number of esters is 1. The van der Waals surface area contributed by atoms with Crippen LogP contribution in [0.15, 0.2) is 18.2 Å². The first kappa shape index (κ1) is 15.1. The molecule has 0 aliphatic carbocycles. The maximum atomic E-state index is 12.1. The molecule has 0 fully saturated rings. The monoisotopic (exact) mass is 288 g/mol. The van der Waals surface area contributed by atoms with Crippen molar-refractivity contribution in [3.63, 3.8) is 0 Å². The molecular weight excluding hydrogens is 268 g/mol. The van der Waals surface area contributed by atoms with Crippen molar-refractivity contribution in [1.29, 1.82) is 0 Å². The molecule has 0 radical (unpaired) electrons. The Morgan fingerprint density at radius 3 is 2.52 bits per heavy atom. The first-order valence-corrected chi connectivity index (χ1v) is 6.76. The van der Waals surface area contributed by atoms with E-state index >= 15 is 0 Å². The van der Waals surface area contributed by atoms with E-state index in [9.17, 15) is 4.79 Å². The van der Waals surface area contributed by atoms with Crippen LogP contribution in [-0.2, 0) is 18.3 Å². The molecule has 0 aliphatic rings. The number of benzene rings is 1. The predicted octanol–water partition coefficient (Wildman–Crippen LogP) is 2.50. The summed E-state index contributed by atoms with van der Waals surface area (Å²) in [6.07, 6.45) is 0.197. The highest BCUT2D eigenvalue weighted by Crippen LogP contribution is 2.28. The Kier molecular flexibility index (Phi) is 4.31. The van der Waals surface area contributed by atoms with Crippen molar-refractivity contribution < 1.29 is 14.3 Å². The van der Waals surface area contributed by atoms with Gasteiger partial charge in [-0.3, -0.25) is 9.48 Å². The molecule has 0 atom stereocenters. The van der Waals surface area contributed by atoms with Gasteiger partial charge in [0.15, 0.2) is 11.5 Å². The van der Waals surface area contributed by atoms with E-state index in [4.69, 9.17) is 9.47 Å². The van der Waals surface area contributed by atoms with Crippen molar-refractivity contribution in [3.8, 4) is 11.5 Å². The molecule has 1 aromatic carbocycles. The predicted molar refractivity (Wildman–Crippen MR) is 79.8 cm³/mol. The molecule has 0 amide bonds. The average Bonchev–Trinajstić information content (AvgIpc) is 2.67. The van der Waals surface area contributed by atoms with Crippen LogP contribution >= 0.6 is 0 Å². The normalized spacial score (nSPS) is 10.5. The summed E-state index contributed by atoms with van der Waals surface area (Å²) in [5.74, 6) is 0.673. The summed E-state index contributed by atoms with van der Waals surface area (Å²) >= 11 is 0. The van der Waals surface area contributed by atoms with Gasteiger partial charge in [-0.05, 0) is 38.5 Å². The molecule has 0 bridgehead atoms. The van der Waals surface area contributed by atoms with Gasteiger partial charge in [-0.1, -0.05) is 6.07 Å². The molecule has 2 aromatic rings. The molecule has 1 aromatic heterocycles. The van der Waals surface area contributed by atoms with Crippen molar-refractivity contribution >= 4 is 5.97 Å². The smallest absolute Gasteiger partial charge is 0.315 e. The number of aryl methyl sites for hydroxylation is 3. The Morgan fingerprint density at radius 1 is 1.24 bits per heavy atom. The Morgan fingerprint density at radius 2 is 1.95 bits per heavy atom. The van der Waals surface area contributed by atoms with Crippen molar-refractivity contribution in [3.05, 3.63) is 40.7 Å². The first-order valence-electron chi connectivity index (χ1n) is 6.76. The average molecular weight is 288 g/mol. The molecule has 0 saturated heterocycles. The number of ether oxygens (including phenoxy) is 2. The topological polar surface area (TPSA) is 53.4 Å². The summed E-state index contributed by atoms with van der Waals surface area (Å²) in [5.41, 5.74) is 3.78. The summed E-state index contributed by atoms with van der Waals surface area (Å²) in [5, 5.41) is 4.30. The highest BCUT2D eigenvalue weighted by Gasteiger charge is 2.16. The first-order chi connectivity index (χ1) is 9.92. The van der Waals surface area contributed by atoms with Gasteiger partial charge >= 0.3 is 5.97 Å². The van der Waals surface area contributed by atoms with Crippen LogP contribution in [0.4, 0.5) is 0 Å². The third-order valence-corrected chi connectivity index (χ3v) is 3.52. The molecule has 5 heteroatoms. The fraction of sp³-hybridized carbons (Fsp3) is 0.375. The Balaban J connectivity index is 2.15. The number of hydrogen-bond acceptors (Lipinski definition) is 4. The molecule has 2 rings (SSSR count). The van der Waals surface area contributed by atoms with Crippen LogP contribution in [0.1, 0.15) is 22.5 Å².